The molecule has 29 heavy (non-hydrogen) atoms. The van der Waals surface area contributed by atoms with Crippen molar-refractivity contribution < 1.29 is 9.53 Å². The van der Waals surface area contributed by atoms with Gasteiger partial charge in [0.25, 0.3) is 5.91 Å². The fraction of sp³-hybridized carbons (Fsp3) is 0.130. The van der Waals surface area contributed by atoms with Gasteiger partial charge in [0.2, 0.25) is 0 Å². The van der Waals surface area contributed by atoms with Gasteiger partial charge < -0.3 is 10.1 Å². The van der Waals surface area contributed by atoms with E-state index in [1.165, 1.54) is 5.56 Å². The zero-order valence-corrected chi connectivity index (χ0v) is 18.7. The normalized spacial score (nSPS) is 10.2. The largest absolute Gasteiger partial charge is 0.494 e. The number of aryl methyl sites for hydroxylation is 1. The number of ether oxygens (including phenoxy) is 1. The molecule has 6 heteroatoms. The van der Waals surface area contributed by atoms with E-state index in [-0.39, 0.29) is 11.0 Å². The van der Waals surface area contributed by atoms with E-state index in [4.69, 9.17) is 17.0 Å². The highest BCUT2D eigenvalue weighted by molar-refractivity contribution is 14.1. The van der Waals surface area contributed by atoms with Crippen molar-refractivity contribution in [1.29, 1.82) is 0 Å². The number of thiocarbonyl (C=S) groups is 1. The molecular formula is C23H21IN2O2S. The van der Waals surface area contributed by atoms with Gasteiger partial charge in [0, 0.05) is 20.9 Å². The lowest BCUT2D eigenvalue weighted by Gasteiger charge is -2.12. The number of rotatable bonds is 7. The maximum absolute atomic E-state index is 12.3. The Morgan fingerprint density at radius 3 is 2.55 bits per heavy atom. The molecule has 2 N–H and O–H groups in total. The van der Waals surface area contributed by atoms with Crippen LogP contribution in [0.4, 0.5) is 5.69 Å². The van der Waals surface area contributed by atoms with Gasteiger partial charge in [-0.2, -0.15) is 0 Å². The van der Waals surface area contributed by atoms with Crippen LogP contribution in [-0.2, 0) is 6.42 Å². The standard InChI is InChI=1S/C23H21IN2O2S/c24-19-11-4-10-18(15-19)22(27)26-23(29)25-20-12-5-13-21(16-20)28-14-6-9-17-7-2-1-3-8-17/h1-5,7-8,10-13,15-16H,6,9,14H2,(H2,25,26,27,29). The average molecular weight is 516 g/mol. The number of halogens is 1. The lowest BCUT2D eigenvalue weighted by atomic mass is 10.1. The molecule has 1 amide bonds. The van der Waals surface area contributed by atoms with Crippen molar-refractivity contribution in [2.24, 2.45) is 0 Å². The summed E-state index contributed by atoms with van der Waals surface area (Å²) < 4.78 is 6.83. The summed E-state index contributed by atoms with van der Waals surface area (Å²) in [6.07, 6.45) is 1.92. The molecule has 3 aromatic rings. The Labute approximate surface area is 189 Å². The molecule has 3 aromatic carbocycles. The Hall–Kier alpha value is -2.45. The first kappa shape index (κ1) is 21.3. The molecule has 0 atom stereocenters. The highest BCUT2D eigenvalue weighted by atomic mass is 127. The number of benzene rings is 3. The zero-order chi connectivity index (χ0) is 20.5. The van der Waals surface area contributed by atoms with Crippen molar-refractivity contribution in [3.63, 3.8) is 0 Å². The van der Waals surface area contributed by atoms with Crippen LogP contribution < -0.4 is 15.4 Å². The predicted octanol–water partition coefficient (Wildman–Crippen LogP) is 5.43. The second-order valence-corrected chi connectivity index (χ2v) is 8.04. The van der Waals surface area contributed by atoms with Gasteiger partial charge in [0.1, 0.15) is 5.75 Å². The fourth-order valence-electron chi connectivity index (χ4n) is 2.74. The third-order valence-corrected chi connectivity index (χ3v) is 5.00. The van der Waals surface area contributed by atoms with Crippen LogP contribution in [0.25, 0.3) is 0 Å². The van der Waals surface area contributed by atoms with Crippen LogP contribution >= 0.6 is 34.8 Å². The summed E-state index contributed by atoms with van der Waals surface area (Å²) in [4.78, 5) is 12.3. The molecule has 0 aliphatic heterocycles. The van der Waals surface area contributed by atoms with E-state index >= 15 is 0 Å². The molecule has 0 spiro atoms. The maximum atomic E-state index is 12.3. The molecule has 0 aliphatic carbocycles. The van der Waals surface area contributed by atoms with Crippen molar-refractivity contribution in [3.8, 4) is 5.75 Å². The Morgan fingerprint density at radius 2 is 1.76 bits per heavy atom. The van der Waals surface area contributed by atoms with Crippen molar-refractivity contribution in [1.82, 2.24) is 5.32 Å². The van der Waals surface area contributed by atoms with Gasteiger partial charge >= 0.3 is 0 Å². The van der Waals surface area contributed by atoms with Crippen molar-refractivity contribution in [3.05, 3.63) is 93.6 Å². The molecule has 0 heterocycles. The molecule has 0 fully saturated rings. The van der Waals surface area contributed by atoms with Crippen LogP contribution in [0.15, 0.2) is 78.9 Å². The molecule has 4 nitrogen and oxygen atoms in total. The second-order valence-electron chi connectivity index (χ2n) is 6.38. The number of amides is 1. The first-order valence-corrected chi connectivity index (χ1v) is 10.7. The number of hydrogen-bond acceptors (Lipinski definition) is 3. The van der Waals surface area contributed by atoms with Gasteiger partial charge in [-0.25, -0.2) is 0 Å². The first-order valence-electron chi connectivity index (χ1n) is 9.25. The van der Waals surface area contributed by atoms with Crippen molar-refractivity contribution in [2.75, 3.05) is 11.9 Å². The molecule has 0 saturated carbocycles. The minimum atomic E-state index is -0.241. The fourth-order valence-corrected chi connectivity index (χ4v) is 3.50. The summed E-state index contributed by atoms with van der Waals surface area (Å²) in [5.41, 5.74) is 2.63. The van der Waals surface area contributed by atoms with Gasteiger partial charge in [-0.1, -0.05) is 42.5 Å². The SMILES string of the molecule is O=C(NC(=S)Nc1cccc(OCCCc2ccccc2)c1)c1cccc(I)c1. The molecule has 0 radical (unpaired) electrons. The average Bonchev–Trinajstić information content (AvgIpc) is 2.72. The molecule has 0 aromatic heterocycles. The van der Waals surface area contributed by atoms with Crippen molar-refractivity contribution >= 4 is 51.5 Å². The smallest absolute Gasteiger partial charge is 0.257 e. The number of nitrogens with one attached hydrogen (secondary N) is 2. The Morgan fingerprint density at radius 1 is 0.966 bits per heavy atom. The zero-order valence-electron chi connectivity index (χ0n) is 15.7. The monoisotopic (exact) mass is 516 g/mol. The van der Waals surface area contributed by atoms with E-state index < -0.39 is 0 Å². The van der Waals surface area contributed by atoms with Gasteiger partial charge in [-0.05, 0) is 83.5 Å². The highest BCUT2D eigenvalue weighted by Gasteiger charge is 2.08. The van der Waals surface area contributed by atoms with E-state index in [0.29, 0.717) is 12.2 Å². The van der Waals surface area contributed by atoms with E-state index in [1.54, 1.807) is 6.07 Å². The summed E-state index contributed by atoms with van der Waals surface area (Å²) in [6.45, 7) is 0.631. The molecule has 3 rings (SSSR count). The number of hydrogen-bond donors (Lipinski definition) is 2. The first-order chi connectivity index (χ1) is 14.1. The molecule has 0 unspecified atom stereocenters. The third-order valence-electron chi connectivity index (χ3n) is 4.13. The van der Waals surface area contributed by atoms with Crippen LogP contribution in [0.3, 0.4) is 0 Å². The minimum Gasteiger partial charge on any atom is -0.494 e. The summed E-state index contributed by atoms with van der Waals surface area (Å²) in [6, 6.07) is 25.2. The lowest BCUT2D eigenvalue weighted by molar-refractivity contribution is 0.0977. The number of anilines is 1. The highest BCUT2D eigenvalue weighted by Crippen LogP contribution is 2.18. The maximum Gasteiger partial charge on any atom is 0.257 e. The Kier molecular flexibility index (Phi) is 8.01. The summed E-state index contributed by atoms with van der Waals surface area (Å²) in [5, 5.41) is 5.98. The van der Waals surface area contributed by atoms with Gasteiger partial charge in [0.15, 0.2) is 5.11 Å². The van der Waals surface area contributed by atoms with Gasteiger partial charge in [0.05, 0.1) is 6.61 Å². The quantitative estimate of drug-likeness (QED) is 0.250. The van der Waals surface area contributed by atoms with E-state index in [2.05, 4.69) is 45.4 Å². The summed E-state index contributed by atoms with van der Waals surface area (Å²) in [7, 11) is 0. The molecular weight excluding hydrogens is 495 g/mol. The number of carbonyl (C=O) groups excluding carboxylic acids is 1. The summed E-state index contributed by atoms with van der Waals surface area (Å²) >= 11 is 7.43. The van der Waals surface area contributed by atoms with Crippen LogP contribution in [0.5, 0.6) is 5.75 Å². The summed E-state index contributed by atoms with van der Waals surface area (Å²) in [5.74, 6) is 0.518. The molecule has 0 bridgehead atoms. The predicted molar refractivity (Wildman–Crippen MR) is 130 cm³/mol. The van der Waals surface area contributed by atoms with E-state index in [1.807, 2.05) is 60.7 Å². The van der Waals surface area contributed by atoms with Crippen molar-refractivity contribution in [2.45, 2.75) is 12.8 Å². The number of carbonyl (C=O) groups is 1. The minimum absolute atomic E-state index is 0.241. The second kappa shape index (κ2) is 10.9. The Balaban J connectivity index is 1.47. The Bertz CT molecular complexity index is 979. The topological polar surface area (TPSA) is 50.4 Å². The van der Waals surface area contributed by atoms with Gasteiger partial charge in [-0.3, -0.25) is 10.1 Å². The molecule has 0 saturated heterocycles. The molecule has 0 aliphatic rings. The van der Waals surface area contributed by atoms with Crippen LogP contribution in [0.1, 0.15) is 22.3 Å². The van der Waals surface area contributed by atoms with E-state index in [0.717, 1.165) is 27.8 Å². The van der Waals surface area contributed by atoms with Crippen LogP contribution in [-0.4, -0.2) is 17.6 Å². The lowest BCUT2D eigenvalue weighted by Crippen LogP contribution is -2.34. The van der Waals surface area contributed by atoms with Crippen LogP contribution in [0.2, 0.25) is 0 Å². The van der Waals surface area contributed by atoms with E-state index in [9.17, 15) is 4.79 Å². The molecule has 148 valence electrons. The van der Waals surface area contributed by atoms with Crippen LogP contribution in [0, 0.1) is 3.57 Å². The third kappa shape index (κ3) is 7.14. The van der Waals surface area contributed by atoms with Gasteiger partial charge in [-0.15, -0.1) is 0 Å².